The van der Waals surface area contributed by atoms with Crippen LogP contribution in [0.1, 0.15) is 40.0 Å². The smallest absolute Gasteiger partial charge is 0.410 e. The van der Waals surface area contributed by atoms with Gasteiger partial charge in [-0.1, -0.05) is 18.2 Å². The fourth-order valence-electron chi connectivity index (χ4n) is 3.62. The van der Waals surface area contributed by atoms with Crippen LogP contribution in [0.3, 0.4) is 0 Å². The second kappa shape index (κ2) is 7.17. The Kier molecular flexibility index (Phi) is 5.12. The molecule has 1 aromatic carbocycles. The highest BCUT2D eigenvalue weighted by Crippen LogP contribution is 2.40. The Morgan fingerprint density at radius 2 is 1.65 bits per heavy atom. The van der Waals surface area contributed by atoms with E-state index < -0.39 is 5.60 Å². The average molecular weight is 360 g/mol. The van der Waals surface area contributed by atoms with Crippen molar-refractivity contribution in [1.29, 1.82) is 0 Å². The van der Waals surface area contributed by atoms with Gasteiger partial charge in [0.2, 0.25) is 0 Å². The number of nitrogens with zero attached hydrogens (tertiary/aromatic N) is 2. The summed E-state index contributed by atoms with van der Waals surface area (Å²) in [7, 11) is 0. The first kappa shape index (κ1) is 18.5. The van der Waals surface area contributed by atoms with Crippen molar-refractivity contribution in [3.63, 3.8) is 0 Å². The van der Waals surface area contributed by atoms with Crippen LogP contribution in [0.5, 0.6) is 5.75 Å². The van der Waals surface area contributed by atoms with Gasteiger partial charge >= 0.3 is 6.09 Å². The highest BCUT2D eigenvalue weighted by atomic mass is 16.6. The lowest BCUT2D eigenvalue weighted by Gasteiger charge is -2.56. The number of carbonyl (C=O) groups is 2. The number of para-hydroxylation sites is 1. The van der Waals surface area contributed by atoms with E-state index in [1.54, 1.807) is 4.90 Å². The molecule has 2 heterocycles. The number of amides is 2. The van der Waals surface area contributed by atoms with Crippen LogP contribution >= 0.6 is 0 Å². The molecule has 0 aliphatic carbocycles. The summed E-state index contributed by atoms with van der Waals surface area (Å²) >= 11 is 0. The molecule has 0 radical (unpaired) electrons. The lowest BCUT2D eigenvalue weighted by molar-refractivity contribution is -0.153. The zero-order chi connectivity index (χ0) is 18.8. The number of piperidine rings is 1. The minimum Gasteiger partial charge on any atom is -0.484 e. The number of carbonyl (C=O) groups excluding carboxylic acids is 2. The topological polar surface area (TPSA) is 59.1 Å². The molecule has 0 N–H and O–H groups in total. The molecule has 2 amide bonds. The molecule has 3 rings (SSSR count). The molecule has 6 heteroatoms. The molecular weight excluding hydrogens is 332 g/mol. The van der Waals surface area contributed by atoms with Crippen LogP contribution in [-0.2, 0) is 9.53 Å². The molecule has 0 atom stereocenters. The van der Waals surface area contributed by atoms with E-state index in [1.165, 1.54) is 0 Å². The molecule has 26 heavy (non-hydrogen) atoms. The molecule has 1 aromatic rings. The number of ether oxygens (including phenoxy) is 2. The normalized spacial score (nSPS) is 19.0. The van der Waals surface area contributed by atoms with E-state index in [0.717, 1.165) is 25.8 Å². The quantitative estimate of drug-likeness (QED) is 0.831. The molecule has 142 valence electrons. The summed E-state index contributed by atoms with van der Waals surface area (Å²) in [5.74, 6) is 0.723. The SMILES string of the molecule is CC(C)(C)OC(=O)N1CCC2(CC1)CCN2C(=O)COc1ccccc1. The maximum absolute atomic E-state index is 12.6. The lowest BCUT2D eigenvalue weighted by Crippen LogP contribution is -2.66. The molecule has 0 saturated carbocycles. The van der Waals surface area contributed by atoms with Crippen LogP contribution in [0.15, 0.2) is 30.3 Å². The fraction of sp³-hybridized carbons (Fsp3) is 0.600. The lowest BCUT2D eigenvalue weighted by atomic mass is 9.76. The van der Waals surface area contributed by atoms with Crippen molar-refractivity contribution in [3.05, 3.63) is 30.3 Å². The van der Waals surface area contributed by atoms with Crippen LogP contribution < -0.4 is 4.74 Å². The Bertz CT molecular complexity index is 646. The first-order chi connectivity index (χ1) is 12.3. The summed E-state index contributed by atoms with van der Waals surface area (Å²) in [6, 6.07) is 9.38. The number of hydrogen-bond acceptors (Lipinski definition) is 4. The molecule has 0 unspecified atom stereocenters. The third-order valence-corrected chi connectivity index (χ3v) is 5.13. The van der Waals surface area contributed by atoms with Gasteiger partial charge in [-0.15, -0.1) is 0 Å². The molecule has 2 fully saturated rings. The van der Waals surface area contributed by atoms with E-state index >= 15 is 0 Å². The Morgan fingerprint density at radius 1 is 1.04 bits per heavy atom. The van der Waals surface area contributed by atoms with Gasteiger partial charge < -0.3 is 19.3 Å². The summed E-state index contributed by atoms with van der Waals surface area (Å²) < 4.78 is 11.0. The van der Waals surface area contributed by atoms with Gasteiger partial charge in [-0.3, -0.25) is 4.79 Å². The number of rotatable bonds is 3. The molecule has 2 saturated heterocycles. The van der Waals surface area contributed by atoms with Gasteiger partial charge in [0.05, 0.1) is 0 Å². The van der Waals surface area contributed by atoms with Gasteiger partial charge in [-0.25, -0.2) is 4.79 Å². The van der Waals surface area contributed by atoms with E-state index in [-0.39, 0.29) is 24.1 Å². The number of likely N-dealkylation sites (tertiary alicyclic amines) is 2. The van der Waals surface area contributed by atoms with Crippen molar-refractivity contribution in [2.24, 2.45) is 0 Å². The van der Waals surface area contributed by atoms with Gasteiger partial charge in [-0.05, 0) is 52.2 Å². The second-order valence-electron chi connectivity index (χ2n) is 8.09. The van der Waals surface area contributed by atoms with Gasteiger partial charge in [0.1, 0.15) is 11.4 Å². The van der Waals surface area contributed by atoms with Gasteiger partial charge in [-0.2, -0.15) is 0 Å². The monoisotopic (exact) mass is 360 g/mol. The van der Waals surface area contributed by atoms with Crippen molar-refractivity contribution in [2.45, 2.75) is 51.2 Å². The van der Waals surface area contributed by atoms with Crippen LogP contribution in [0.25, 0.3) is 0 Å². The Balaban J connectivity index is 1.51. The van der Waals surface area contributed by atoms with E-state index in [2.05, 4.69) is 0 Å². The molecule has 0 aromatic heterocycles. The Labute approximate surface area is 155 Å². The predicted molar refractivity (Wildman–Crippen MR) is 98.0 cm³/mol. The average Bonchev–Trinajstić information content (AvgIpc) is 2.58. The zero-order valence-corrected chi connectivity index (χ0v) is 15.9. The summed E-state index contributed by atoms with van der Waals surface area (Å²) in [6.07, 6.45) is 2.32. The van der Waals surface area contributed by atoms with Crippen molar-refractivity contribution in [3.8, 4) is 5.75 Å². The van der Waals surface area contributed by atoms with Crippen LogP contribution in [0.2, 0.25) is 0 Å². The maximum Gasteiger partial charge on any atom is 0.410 e. The van der Waals surface area contributed by atoms with E-state index in [4.69, 9.17) is 9.47 Å². The van der Waals surface area contributed by atoms with Crippen molar-refractivity contribution in [2.75, 3.05) is 26.2 Å². The summed E-state index contributed by atoms with van der Waals surface area (Å²) in [5, 5.41) is 0. The third kappa shape index (κ3) is 4.11. The minimum absolute atomic E-state index is 0.0193. The van der Waals surface area contributed by atoms with E-state index in [0.29, 0.717) is 18.8 Å². The molecule has 2 aliphatic rings. The maximum atomic E-state index is 12.6. The highest BCUT2D eigenvalue weighted by molar-refractivity contribution is 5.79. The van der Waals surface area contributed by atoms with Gasteiger partial charge in [0, 0.05) is 25.2 Å². The number of benzene rings is 1. The summed E-state index contributed by atoms with van der Waals surface area (Å²) in [5.41, 5.74) is -0.602. The first-order valence-electron chi connectivity index (χ1n) is 9.25. The zero-order valence-electron chi connectivity index (χ0n) is 15.9. The van der Waals surface area contributed by atoms with Gasteiger partial charge in [0.25, 0.3) is 5.91 Å². The van der Waals surface area contributed by atoms with E-state index in [1.807, 2.05) is 56.0 Å². The largest absolute Gasteiger partial charge is 0.484 e. The minimum atomic E-state index is -0.487. The van der Waals surface area contributed by atoms with Gasteiger partial charge in [0.15, 0.2) is 6.61 Å². The summed E-state index contributed by atoms with van der Waals surface area (Å²) in [6.45, 7) is 7.68. The molecule has 2 aliphatic heterocycles. The van der Waals surface area contributed by atoms with E-state index in [9.17, 15) is 9.59 Å². The van der Waals surface area contributed by atoms with Crippen LogP contribution in [0.4, 0.5) is 4.79 Å². The molecule has 0 bridgehead atoms. The van der Waals surface area contributed by atoms with Crippen LogP contribution in [0, 0.1) is 0 Å². The van der Waals surface area contributed by atoms with Crippen LogP contribution in [-0.4, -0.2) is 59.2 Å². The third-order valence-electron chi connectivity index (χ3n) is 5.13. The molecule has 1 spiro atoms. The first-order valence-corrected chi connectivity index (χ1v) is 9.25. The summed E-state index contributed by atoms with van der Waals surface area (Å²) in [4.78, 5) is 28.5. The number of hydrogen-bond donors (Lipinski definition) is 0. The molecular formula is C20H28N2O4. The standard InChI is InChI=1S/C20H28N2O4/c1-19(2,3)26-18(24)21-12-9-20(10-13-21)11-14-22(20)17(23)15-25-16-7-5-4-6-8-16/h4-8H,9-15H2,1-3H3. The fourth-order valence-corrected chi connectivity index (χ4v) is 3.62. The van der Waals surface area contributed by atoms with Crippen molar-refractivity contribution >= 4 is 12.0 Å². The predicted octanol–water partition coefficient (Wildman–Crippen LogP) is 3.07. The Morgan fingerprint density at radius 3 is 2.19 bits per heavy atom. The second-order valence-corrected chi connectivity index (χ2v) is 8.09. The molecule has 6 nitrogen and oxygen atoms in total. The van der Waals surface area contributed by atoms with Crippen molar-refractivity contribution in [1.82, 2.24) is 9.80 Å². The van der Waals surface area contributed by atoms with Crippen molar-refractivity contribution < 1.29 is 19.1 Å². The Hall–Kier alpha value is -2.24. The highest BCUT2D eigenvalue weighted by Gasteiger charge is 2.49.